The Hall–Kier alpha value is -2.09. The zero-order valence-electron chi connectivity index (χ0n) is 14.5. The molecule has 8 heteroatoms. The average Bonchev–Trinajstić information content (AvgIpc) is 2.81. The second-order valence-corrected chi connectivity index (χ2v) is 7.08. The molecule has 2 rings (SSSR count). The van der Waals surface area contributed by atoms with E-state index in [1.807, 2.05) is 20.8 Å². The minimum Gasteiger partial charge on any atom is -0.477 e. The fourth-order valence-corrected chi connectivity index (χ4v) is 2.69. The summed E-state index contributed by atoms with van der Waals surface area (Å²) in [6.07, 6.45) is 4.08. The van der Waals surface area contributed by atoms with Gasteiger partial charge >= 0.3 is 12.1 Å². The third kappa shape index (κ3) is 5.23. The maximum absolute atomic E-state index is 12.3. The van der Waals surface area contributed by atoms with Crippen molar-refractivity contribution in [2.75, 3.05) is 13.1 Å². The van der Waals surface area contributed by atoms with Crippen molar-refractivity contribution in [1.82, 2.24) is 20.4 Å². The van der Waals surface area contributed by atoms with Crippen molar-refractivity contribution in [1.29, 1.82) is 0 Å². The predicted molar refractivity (Wildman–Crippen MR) is 87.8 cm³/mol. The molecule has 0 spiro atoms. The van der Waals surface area contributed by atoms with E-state index in [-0.39, 0.29) is 17.8 Å². The first-order valence-electron chi connectivity index (χ1n) is 8.23. The third-order valence-corrected chi connectivity index (χ3v) is 3.84. The van der Waals surface area contributed by atoms with Crippen molar-refractivity contribution in [2.45, 2.75) is 58.2 Å². The van der Waals surface area contributed by atoms with Gasteiger partial charge in [0.2, 0.25) is 0 Å². The number of carbonyl (C=O) groups is 2. The van der Waals surface area contributed by atoms with Crippen LogP contribution in [-0.4, -0.2) is 57.0 Å². The summed E-state index contributed by atoms with van der Waals surface area (Å²) in [7, 11) is 0. The number of carbonyl (C=O) groups excluding carboxylic acids is 1. The van der Waals surface area contributed by atoms with Crippen molar-refractivity contribution in [3.63, 3.8) is 0 Å². The van der Waals surface area contributed by atoms with Crippen LogP contribution in [0.2, 0.25) is 0 Å². The van der Waals surface area contributed by atoms with E-state index in [2.05, 4.69) is 15.5 Å². The molecule has 3 N–H and O–H groups in total. The number of ether oxygens (including phenoxy) is 1. The van der Waals surface area contributed by atoms with Gasteiger partial charge in [0.25, 0.3) is 0 Å². The molecule has 134 valence electrons. The summed E-state index contributed by atoms with van der Waals surface area (Å²) in [4.78, 5) is 25.1. The molecular formula is C16H26N4O4. The Balaban J connectivity index is 1.93. The van der Waals surface area contributed by atoms with Gasteiger partial charge in [-0.25, -0.2) is 9.59 Å². The molecule has 1 aliphatic rings. The molecule has 0 aliphatic carbocycles. The number of aromatic nitrogens is 2. The lowest BCUT2D eigenvalue weighted by atomic mass is 10.1. The normalized spacial score (nSPS) is 19.0. The van der Waals surface area contributed by atoms with Gasteiger partial charge in [0.1, 0.15) is 11.3 Å². The van der Waals surface area contributed by atoms with E-state index in [9.17, 15) is 9.59 Å². The number of hydrogen-bond acceptors (Lipinski definition) is 5. The van der Waals surface area contributed by atoms with E-state index in [1.165, 1.54) is 6.20 Å². The number of rotatable bonds is 4. The molecule has 1 aliphatic heterocycles. The molecule has 24 heavy (non-hydrogen) atoms. The number of likely N-dealkylation sites (tertiary alicyclic amines) is 1. The molecule has 0 saturated carbocycles. The number of amides is 1. The molecule has 0 bridgehead atoms. The average molecular weight is 338 g/mol. The number of H-pyrrole nitrogens is 1. The number of nitrogens with zero attached hydrogens (tertiary/aromatic N) is 2. The molecule has 8 nitrogen and oxygen atoms in total. The number of nitrogens with one attached hydrogen (secondary N) is 2. The van der Waals surface area contributed by atoms with E-state index in [4.69, 9.17) is 9.84 Å². The predicted octanol–water partition coefficient (Wildman–Crippen LogP) is 1.99. The van der Waals surface area contributed by atoms with Gasteiger partial charge in [0.05, 0.1) is 6.20 Å². The fraction of sp³-hybridized carbons (Fsp3) is 0.688. The summed E-state index contributed by atoms with van der Waals surface area (Å²) in [6.45, 7) is 7.18. The van der Waals surface area contributed by atoms with Crippen LogP contribution in [0.4, 0.5) is 4.79 Å². The first kappa shape index (κ1) is 18.3. The lowest BCUT2D eigenvalue weighted by Crippen LogP contribution is -2.44. The Labute approximate surface area is 141 Å². The van der Waals surface area contributed by atoms with E-state index >= 15 is 0 Å². The Morgan fingerprint density at radius 2 is 2.21 bits per heavy atom. The Kier molecular flexibility index (Phi) is 5.82. The minimum absolute atomic E-state index is 0.0940. The zero-order valence-corrected chi connectivity index (χ0v) is 14.5. The van der Waals surface area contributed by atoms with E-state index in [0.29, 0.717) is 25.2 Å². The summed E-state index contributed by atoms with van der Waals surface area (Å²) in [5.74, 6) is -1.03. The summed E-state index contributed by atoms with van der Waals surface area (Å²) < 4.78 is 5.45. The van der Waals surface area contributed by atoms with Crippen LogP contribution in [0.5, 0.6) is 0 Å². The molecular weight excluding hydrogens is 312 g/mol. The summed E-state index contributed by atoms with van der Waals surface area (Å²) in [6, 6.07) is 0.0940. The van der Waals surface area contributed by atoms with Crippen LogP contribution in [0.25, 0.3) is 0 Å². The van der Waals surface area contributed by atoms with E-state index in [0.717, 1.165) is 19.3 Å². The van der Waals surface area contributed by atoms with Crippen molar-refractivity contribution in [3.05, 3.63) is 17.5 Å². The molecule has 1 aromatic rings. The first-order valence-corrected chi connectivity index (χ1v) is 8.23. The highest BCUT2D eigenvalue weighted by Gasteiger charge is 2.26. The molecule has 0 radical (unpaired) electrons. The second kappa shape index (κ2) is 7.65. The van der Waals surface area contributed by atoms with Gasteiger partial charge < -0.3 is 20.1 Å². The number of aromatic amines is 1. The molecule has 0 aromatic carbocycles. The molecule has 1 amide bonds. The van der Waals surface area contributed by atoms with Gasteiger partial charge in [-0.1, -0.05) is 6.42 Å². The number of hydrogen-bond donors (Lipinski definition) is 3. The number of carboxylic acid groups (broad SMARTS) is 1. The lowest BCUT2D eigenvalue weighted by Gasteiger charge is -2.28. The molecule has 2 heterocycles. The smallest absolute Gasteiger partial charge is 0.410 e. The van der Waals surface area contributed by atoms with Gasteiger partial charge in [-0.3, -0.25) is 5.10 Å². The Morgan fingerprint density at radius 1 is 1.46 bits per heavy atom. The van der Waals surface area contributed by atoms with Crippen LogP contribution in [0.1, 0.15) is 56.1 Å². The summed E-state index contributed by atoms with van der Waals surface area (Å²) in [5.41, 5.74) is 0.190. The second-order valence-electron chi connectivity index (χ2n) is 7.08. The highest BCUT2D eigenvalue weighted by atomic mass is 16.6. The minimum atomic E-state index is -1.03. The van der Waals surface area contributed by atoms with Crippen LogP contribution >= 0.6 is 0 Å². The first-order chi connectivity index (χ1) is 11.3. The monoisotopic (exact) mass is 338 g/mol. The summed E-state index contributed by atoms with van der Waals surface area (Å²) in [5, 5.41) is 18.7. The molecule has 1 saturated heterocycles. The Morgan fingerprint density at radius 3 is 2.88 bits per heavy atom. The van der Waals surface area contributed by atoms with Gasteiger partial charge in [-0.15, -0.1) is 0 Å². The van der Waals surface area contributed by atoms with Gasteiger partial charge in [-0.05, 0) is 33.6 Å². The fourth-order valence-electron chi connectivity index (χ4n) is 2.69. The topological polar surface area (TPSA) is 108 Å². The van der Waals surface area contributed by atoms with Crippen LogP contribution in [-0.2, 0) is 11.3 Å². The van der Waals surface area contributed by atoms with Gasteiger partial charge in [0, 0.05) is 31.2 Å². The zero-order chi connectivity index (χ0) is 17.7. The number of aromatic carboxylic acids is 1. The molecule has 1 aromatic heterocycles. The lowest BCUT2D eigenvalue weighted by molar-refractivity contribution is 0.0243. The SMILES string of the molecule is CC(C)(C)OC(=O)N1CCCCC(NCc2cn[nH]c2C(=O)O)C1. The maximum Gasteiger partial charge on any atom is 0.410 e. The van der Waals surface area contributed by atoms with Crippen LogP contribution in [0.3, 0.4) is 0 Å². The van der Waals surface area contributed by atoms with Crippen LogP contribution in [0, 0.1) is 0 Å². The van der Waals surface area contributed by atoms with Gasteiger partial charge in [-0.2, -0.15) is 5.10 Å². The van der Waals surface area contributed by atoms with Gasteiger partial charge in [0.15, 0.2) is 0 Å². The van der Waals surface area contributed by atoms with Crippen molar-refractivity contribution < 1.29 is 19.4 Å². The van der Waals surface area contributed by atoms with E-state index < -0.39 is 11.6 Å². The Bertz CT molecular complexity index is 579. The molecule has 1 fully saturated rings. The van der Waals surface area contributed by atoms with Crippen molar-refractivity contribution in [3.8, 4) is 0 Å². The maximum atomic E-state index is 12.3. The quantitative estimate of drug-likeness (QED) is 0.775. The van der Waals surface area contributed by atoms with Crippen LogP contribution < -0.4 is 5.32 Å². The van der Waals surface area contributed by atoms with Crippen molar-refractivity contribution >= 4 is 12.1 Å². The summed E-state index contributed by atoms with van der Waals surface area (Å²) >= 11 is 0. The van der Waals surface area contributed by atoms with E-state index in [1.54, 1.807) is 4.90 Å². The standard InChI is InChI=1S/C16H26N4O4/c1-16(2,3)24-15(23)20-7-5-4-6-12(10-20)17-8-11-9-18-19-13(11)14(21)22/h9,12,17H,4-8,10H2,1-3H3,(H,18,19)(H,21,22). The third-order valence-electron chi connectivity index (χ3n) is 3.84. The molecule has 1 unspecified atom stereocenters. The van der Waals surface area contributed by atoms with Crippen molar-refractivity contribution in [2.24, 2.45) is 0 Å². The van der Waals surface area contributed by atoms with Crippen LogP contribution in [0.15, 0.2) is 6.20 Å². The molecule has 1 atom stereocenters. The highest BCUT2D eigenvalue weighted by molar-refractivity contribution is 5.86. The number of carboxylic acids is 1. The highest BCUT2D eigenvalue weighted by Crippen LogP contribution is 2.16. The largest absolute Gasteiger partial charge is 0.477 e.